The summed E-state index contributed by atoms with van der Waals surface area (Å²) in [6.45, 7) is 15.5. The van der Waals surface area contributed by atoms with Crippen LogP contribution in [-0.4, -0.2) is 53.2 Å². The lowest BCUT2D eigenvalue weighted by molar-refractivity contribution is 0.323. The van der Waals surface area contributed by atoms with E-state index in [0.717, 1.165) is 32.0 Å². The van der Waals surface area contributed by atoms with Crippen LogP contribution in [0.3, 0.4) is 0 Å². The first-order chi connectivity index (χ1) is 17.4. The molecule has 0 bridgehead atoms. The fourth-order valence-corrected chi connectivity index (χ4v) is 6.87. The molecule has 3 nitrogen and oxygen atoms in total. The summed E-state index contributed by atoms with van der Waals surface area (Å²) in [4.78, 5) is 2.50. The van der Waals surface area contributed by atoms with Crippen molar-refractivity contribution in [3.05, 3.63) is 72.4 Å². The number of benzene rings is 1. The Hall–Kier alpha value is -1.77. The van der Waals surface area contributed by atoms with Crippen LogP contribution in [0.2, 0.25) is 0 Å². The lowest BCUT2D eigenvalue weighted by Gasteiger charge is -2.31. The zero-order chi connectivity index (χ0) is 26.4. The van der Waals surface area contributed by atoms with Crippen LogP contribution in [0.5, 0.6) is 0 Å². The highest BCUT2D eigenvalue weighted by atomic mass is 32.1. The summed E-state index contributed by atoms with van der Waals surface area (Å²) in [5, 5.41) is 6.54. The molecule has 0 N–H and O–H groups in total. The second-order valence-corrected chi connectivity index (χ2v) is 12.6. The Morgan fingerprint density at radius 3 is 2.75 bits per heavy atom. The summed E-state index contributed by atoms with van der Waals surface area (Å²) >= 11 is 6.02. The van der Waals surface area contributed by atoms with E-state index in [1.165, 1.54) is 48.0 Å². The fraction of sp³-hybridized carbons (Fsp3) is 0.548. The van der Waals surface area contributed by atoms with Crippen LogP contribution in [0, 0.1) is 11.3 Å². The van der Waals surface area contributed by atoms with Crippen LogP contribution < -0.4 is 0 Å². The number of aryl methyl sites for hydroxylation is 1. The minimum atomic E-state index is 0.253. The highest BCUT2D eigenvalue weighted by Crippen LogP contribution is 2.38. The van der Waals surface area contributed by atoms with Gasteiger partial charge in [-0.1, -0.05) is 102 Å². The molecule has 2 aliphatic rings. The molecule has 0 saturated carbocycles. The molecule has 0 amide bonds. The molecule has 1 aliphatic carbocycles. The molecule has 36 heavy (non-hydrogen) atoms. The number of hydrogen-bond donors (Lipinski definition) is 0. The summed E-state index contributed by atoms with van der Waals surface area (Å²) in [5.41, 5.74) is 3.61. The number of thiocarbonyl (C=S) groups is 1. The average molecular weight is 526 g/mol. The van der Waals surface area contributed by atoms with Crippen molar-refractivity contribution in [2.24, 2.45) is 16.4 Å². The Morgan fingerprint density at radius 2 is 2.08 bits per heavy atom. The Morgan fingerprint density at radius 1 is 1.33 bits per heavy atom. The highest BCUT2D eigenvalue weighted by Gasteiger charge is 2.28. The minimum absolute atomic E-state index is 0.253. The smallest absolute Gasteiger partial charge is 0.0980 e. The van der Waals surface area contributed by atoms with Crippen LogP contribution in [0.25, 0.3) is 0 Å². The van der Waals surface area contributed by atoms with Crippen LogP contribution in [-0.2, 0) is 6.42 Å². The number of rotatable bonds is 12. The largest absolute Gasteiger partial charge is 0.363 e. The van der Waals surface area contributed by atoms with E-state index in [-0.39, 0.29) is 5.41 Å². The van der Waals surface area contributed by atoms with Crippen molar-refractivity contribution in [1.82, 2.24) is 9.91 Å². The van der Waals surface area contributed by atoms with E-state index in [1.807, 2.05) is 13.8 Å². The van der Waals surface area contributed by atoms with Gasteiger partial charge >= 0.3 is 0 Å². The second-order valence-electron chi connectivity index (χ2n) is 10.3. The van der Waals surface area contributed by atoms with Gasteiger partial charge in [0, 0.05) is 38.6 Å². The van der Waals surface area contributed by atoms with E-state index in [1.54, 1.807) is 12.3 Å². The minimum Gasteiger partial charge on any atom is -0.363 e. The fourth-order valence-electron chi connectivity index (χ4n) is 4.82. The molecule has 1 aliphatic heterocycles. The van der Waals surface area contributed by atoms with Crippen molar-refractivity contribution in [1.29, 1.82) is 0 Å². The number of hydrazone groups is 1. The molecule has 0 spiro atoms. The van der Waals surface area contributed by atoms with Gasteiger partial charge in [0.05, 0.1) is 4.73 Å². The zero-order valence-electron chi connectivity index (χ0n) is 23.2. The molecule has 3 rings (SSSR count). The third-order valence-corrected chi connectivity index (χ3v) is 9.20. The molecular weight excluding hydrogens is 477 g/mol. The summed E-state index contributed by atoms with van der Waals surface area (Å²) in [6.07, 6.45) is 17.8. The molecule has 4 unspecified atom stereocenters. The van der Waals surface area contributed by atoms with Gasteiger partial charge in [-0.3, -0.25) is 5.01 Å². The molecule has 0 aromatic heterocycles. The molecule has 1 aromatic carbocycles. The number of allylic oxidation sites excluding steroid dienone is 5. The van der Waals surface area contributed by atoms with E-state index in [4.69, 9.17) is 12.2 Å². The van der Waals surface area contributed by atoms with Gasteiger partial charge in [-0.15, -0.1) is 0 Å². The predicted molar refractivity (Wildman–Crippen MR) is 167 cm³/mol. The third-order valence-electron chi connectivity index (χ3n) is 7.14. The first-order valence-corrected chi connectivity index (χ1v) is 15.2. The van der Waals surface area contributed by atoms with Gasteiger partial charge in [0.15, 0.2) is 0 Å². The number of likely N-dealkylation sites (tertiary alicyclic amines) is 1. The van der Waals surface area contributed by atoms with Gasteiger partial charge in [-0.25, -0.2) is 0 Å². The standard InChI is InChI=1S/C29H42N3PS.C2H6/c1-5-20-30-31(4)23-27(15-19-29(3)17-13-24(2)14-18-29)33-28(34)32-21-16-26(22-32)12-11-25-9-7-6-8-10-25;1-2/h5-10,13-14,17,20,26-27,33H,1,11-12,15-16,18-19,21-23H2,2-4H3;1-2H3/b30-20-;. The molecule has 198 valence electrons. The van der Waals surface area contributed by atoms with Crippen molar-refractivity contribution in [2.45, 2.75) is 71.9 Å². The van der Waals surface area contributed by atoms with Gasteiger partial charge in [-0.05, 0) is 68.4 Å². The van der Waals surface area contributed by atoms with Crippen molar-refractivity contribution < 1.29 is 0 Å². The predicted octanol–water partition coefficient (Wildman–Crippen LogP) is 8.10. The zero-order valence-corrected chi connectivity index (χ0v) is 25.1. The Balaban J connectivity index is 0.00000222. The van der Waals surface area contributed by atoms with E-state index in [0.29, 0.717) is 14.2 Å². The first-order valence-electron chi connectivity index (χ1n) is 13.7. The second kappa shape index (κ2) is 16.2. The summed E-state index contributed by atoms with van der Waals surface area (Å²) < 4.78 is 1.17. The van der Waals surface area contributed by atoms with Crippen LogP contribution in [0.15, 0.2) is 71.9 Å². The Bertz CT molecular complexity index is 894. The summed E-state index contributed by atoms with van der Waals surface area (Å²) in [5.74, 6) is 0.752. The van der Waals surface area contributed by atoms with Gasteiger partial charge < -0.3 is 4.90 Å². The molecule has 1 heterocycles. The maximum Gasteiger partial charge on any atom is 0.0980 e. The molecule has 4 atom stereocenters. The Kier molecular flexibility index (Phi) is 13.7. The maximum absolute atomic E-state index is 6.02. The number of hydrogen-bond acceptors (Lipinski definition) is 3. The average Bonchev–Trinajstić information content (AvgIpc) is 3.38. The van der Waals surface area contributed by atoms with Crippen LogP contribution in [0.4, 0.5) is 0 Å². The lowest BCUT2D eigenvalue weighted by atomic mass is 9.78. The first kappa shape index (κ1) is 30.5. The maximum atomic E-state index is 6.02. The molecule has 0 radical (unpaired) electrons. The van der Waals surface area contributed by atoms with Crippen molar-refractivity contribution in [2.75, 3.05) is 26.7 Å². The molecule has 1 fully saturated rings. The Labute approximate surface area is 228 Å². The van der Waals surface area contributed by atoms with Gasteiger partial charge in [0.2, 0.25) is 0 Å². The third kappa shape index (κ3) is 10.7. The van der Waals surface area contributed by atoms with Crippen LogP contribution in [0.1, 0.15) is 65.4 Å². The normalized spacial score (nSPS) is 22.4. The van der Waals surface area contributed by atoms with Crippen molar-refractivity contribution in [3.63, 3.8) is 0 Å². The molecule has 5 heteroatoms. The monoisotopic (exact) mass is 525 g/mol. The lowest BCUT2D eigenvalue weighted by Crippen LogP contribution is -2.30. The summed E-state index contributed by atoms with van der Waals surface area (Å²) in [6, 6.07) is 10.9. The SMILES string of the molecule is C=C/C=N\N(C)CC(CCC1(C)C=CC(C)=CC1)PC(=S)N1CCC(CCc2ccccc2)C1.CC. The van der Waals surface area contributed by atoms with Crippen molar-refractivity contribution in [3.8, 4) is 0 Å². The van der Waals surface area contributed by atoms with E-state index in [9.17, 15) is 0 Å². The van der Waals surface area contributed by atoms with Crippen molar-refractivity contribution >= 4 is 31.7 Å². The van der Waals surface area contributed by atoms with Crippen LogP contribution >= 0.6 is 20.8 Å². The number of nitrogens with zero attached hydrogens (tertiary/aromatic N) is 3. The van der Waals surface area contributed by atoms with E-state index >= 15 is 0 Å². The van der Waals surface area contributed by atoms with E-state index in [2.05, 4.69) is 91.0 Å². The topological polar surface area (TPSA) is 18.8 Å². The molecule has 1 saturated heterocycles. The van der Waals surface area contributed by atoms with Gasteiger partial charge in [-0.2, -0.15) is 5.10 Å². The summed E-state index contributed by atoms with van der Waals surface area (Å²) in [7, 11) is 2.73. The van der Waals surface area contributed by atoms with Gasteiger partial charge in [0.1, 0.15) is 0 Å². The molecular formula is C31H48N3PS. The quantitative estimate of drug-likeness (QED) is 0.119. The highest BCUT2D eigenvalue weighted by molar-refractivity contribution is 7.93. The van der Waals surface area contributed by atoms with E-state index < -0.39 is 0 Å². The van der Waals surface area contributed by atoms with Gasteiger partial charge in [0.25, 0.3) is 0 Å². The molecule has 1 aromatic rings.